The van der Waals surface area contributed by atoms with E-state index in [9.17, 15) is 9.90 Å². The minimum absolute atomic E-state index is 0.208. The Morgan fingerprint density at radius 2 is 2.42 bits per heavy atom. The topological polar surface area (TPSA) is 53.0 Å². The molecule has 0 unspecified atom stereocenters. The van der Waals surface area contributed by atoms with E-state index in [0.717, 1.165) is 6.42 Å². The second-order valence-corrected chi connectivity index (χ2v) is 2.54. The van der Waals surface area contributed by atoms with Gasteiger partial charge in [0.15, 0.2) is 0 Å². The molecule has 0 amide bonds. The van der Waals surface area contributed by atoms with Crippen molar-refractivity contribution >= 4 is 5.97 Å². The van der Waals surface area contributed by atoms with Crippen LogP contribution >= 0.6 is 0 Å². The van der Waals surface area contributed by atoms with Gasteiger partial charge >= 0.3 is 0 Å². The minimum Gasteiger partial charge on any atom is -0.545 e. The van der Waals surface area contributed by atoms with Gasteiger partial charge in [-0.05, 0) is 18.6 Å². The molecule has 0 aliphatic heterocycles. The molecule has 0 radical (unpaired) electrons. The number of aromatic carboxylic acids is 1. The second kappa shape index (κ2) is 3.85. The van der Waals surface area contributed by atoms with Gasteiger partial charge in [0, 0.05) is 17.5 Å². The van der Waals surface area contributed by atoms with E-state index in [1.165, 1.54) is 6.07 Å². The quantitative estimate of drug-likeness (QED) is 0.649. The SMILES string of the molecule is CCCc1ncccc1C(=O)[O-]. The number of carboxylic acids is 1. The van der Waals surface area contributed by atoms with Crippen LogP contribution in [0.4, 0.5) is 0 Å². The smallest absolute Gasteiger partial charge is 0.0733 e. The van der Waals surface area contributed by atoms with Crippen LogP contribution < -0.4 is 5.11 Å². The molecule has 1 aromatic heterocycles. The van der Waals surface area contributed by atoms with Crippen molar-refractivity contribution in [3.63, 3.8) is 0 Å². The van der Waals surface area contributed by atoms with Gasteiger partial charge in [-0.1, -0.05) is 13.3 Å². The van der Waals surface area contributed by atoms with E-state index in [1.54, 1.807) is 12.3 Å². The first kappa shape index (κ1) is 8.71. The fraction of sp³-hybridized carbons (Fsp3) is 0.333. The van der Waals surface area contributed by atoms with Crippen molar-refractivity contribution in [3.05, 3.63) is 29.6 Å². The summed E-state index contributed by atoms with van der Waals surface area (Å²) >= 11 is 0. The number of aryl methyl sites for hydroxylation is 1. The summed E-state index contributed by atoms with van der Waals surface area (Å²) in [4.78, 5) is 14.5. The predicted molar refractivity (Wildman–Crippen MR) is 42.6 cm³/mol. The van der Waals surface area contributed by atoms with Crippen LogP contribution in [-0.2, 0) is 6.42 Å². The molecular weight excluding hydrogens is 154 g/mol. The Hall–Kier alpha value is -1.38. The first-order chi connectivity index (χ1) is 5.75. The van der Waals surface area contributed by atoms with Gasteiger partial charge in [-0.3, -0.25) is 4.98 Å². The lowest BCUT2D eigenvalue weighted by atomic mass is 10.1. The highest BCUT2D eigenvalue weighted by atomic mass is 16.4. The van der Waals surface area contributed by atoms with Crippen LogP contribution in [0, 0.1) is 0 Å². The highest BCUT2D eigenvalue weighted by Crippen LogP contribution is 2.06. The molecule has 0 aliphatic carbocycles. The summed E-state index contributed by atoms with van der Waals surface area (Å²) in [6.07, 6.45) is 3.17. The predicted octanol–water partition coefficient (Wildman–Crippen LogP) is 0.398. The monoisotopic (exact) mass is 164 g/mol. The number of carbonyl (C=O) groups is 1. The highest BCUT2D eigenvalue weighted by molar-refractivity contribution is 5.86. The van der Waals surface area contributed by atoms with E-state index in [0.29, 0.717) is 12.1 Å². The molecule has 12 heavy (non-hydrogen) atoms. The molecule has 0 atom stereocenters. The van der Waals surface area contributed by atoms with E-state index in [4.69, 9.17) is 0 Å². The fourth-order valence-corrected chi connectivity index (χ4v) is 1.06. The van der Waals surface area contributed by atoms with Crippen molar-refractivity contribution in [3.8, 4) is 0 Å². The maximum Gasteiger partial charge on any atom is 0.0733 e. The second-order valence-electron chi connectivity index (χ2n) is 2.54. The van der Waals surface area contributed by atoms with Gasteiger partial charge in [0.1, 0.15) is 0 Å². The van der Waals surface area contributed by atoms with Crippen LogP contribution in [-0.4, -0.2) is 11.0 Å². The molecule has 64 valence electrons. The number of rotatable bonds is 3. The van der Waals surface area contributed by atoms with Gasteiger partial charge < -0.3 is 9.90 Å². The lowest BCUT2D eigenvalue weighted by Crippen LogP contribution is -2.24. The fourth-order valence-electron chi connectivity index (χ4n) is 1.06. The van der Waals surface area contributed by atoms with Gasteiger partial charge in [-0.2, -0.15) is 0 Å². The van der Waals surface area contributed by atoms with E-state index in [1.807, 2.05) is 6.92 Å². The minimum atomic E-state index is -1.15. The molecule has 0 bridgehead atoms. The number of carbonyl (C=O) groups excluding carboxylic acids is 1. The normalized spacial score (nSPS) is 9.75. The van der Waals surface area contributed by atoms with E-state index < -0.39 is 5.97 Å². The molecule has 0 saturated heterocycles. The summed E-state index contributed by atoms with van der Waals surface area (Å²) in [5.41, 5.74) is 0.819. The van der Waals surface area contributed by atoms with Crippen LogP contribution in [0.3, 0.4) is 0 Å². The number of hydrogen-bond acceptors (Lipinski definition) is 3. The average molecular weight is 164 g/mol. The molecule has 0 saturated carbocycles. The third-order valence-electron chi connectivity index (χ3n) is 1.60. The molecule has 0 aliphatic rings. The Kier molecular flexibility index (Phi) is 2.80. The van der Waals surface area contributed by atoms with Crippen LogP contribution in [0.5, 0.6) is 0 Å². The molecule has 0 spiro atoms. The average Bonchev–Trinajstić information content (AvgIpc) is 2.05. The molecule has 1 aromatic rings. The number of nitrogens with zero attached hydrogens (tertiary/aromatic N) is 1. The lowest BCUT2D eigenvalue weighted by molar-refractivity contribution is -0.255. The largest absolute Gasteiger partial charge is 0.545 e. The molecule has 1 heterocycles. The zero-order valence-electron chi connectivity index (χ0n) is 6.91. The Morgan fingerprint density at radius 1 is 1.67 bits per heavy atom. The molecule has 1 rings (SSSR count). The summed E-state index contributed by atoms with van der Waals surface area (Å²) < 4.78 is 0. The zero-order valence-corrected chi connectivity index (χ0v) is 6.91. The summed E-state index contributed by atoms with van der Waals surface area (Å²) in [7, 11) is 0. The van der Waals surface area contributed by atoms with Gasteiger partial charge in [0.2, 0.25) is 0 Å². The molecule has 0 fully saturated rings. The van der Waals surface area contributed by atoms with E-state index >= 15 is 0 Å². The lowest BCUT2D eigenvalue weighted by Gasteiger charge is -2.06. The van der Waals surface area contributed by atoms with Crippen LogP contribution in [0.25, 0.3) is 0 Å². The molecule has 3 nitrogen and oxygen atoms in total. The molecule has 0 aromatic carbocycles. The standard InChI is InChI=1S/C9H11NO2/c1-2-4-8-7(9(11)12)5-3-6-10-8/h3,5-6H,2,4H2,1H3,(H,11,12)/p-1. The first-order valence-corrected chi connectivity index (χ1v) is 3.91. The van der Waals surface area contributed by atoms with Crippen molar-refractivity contribution in [2.45, 2.75) is 19.8 Å². The maximum absolute atomic E-state index is 10.5. The van der Waals surface area contributed by atoms with Gasteiger partial charge in [-0.15, -0.1) is 0 Å². The number of hydrogen-bond donors (Lipinski definition) is 0. The van der Waals surface area contributed by atoms with Gasteiger partial charge in [-0.25, -0.2) is 0 Å². The highest BCUT2D eigenvalue weighted by Gasteiger charge is 2.01. The molecule has 3 heteroatoms. The number of carboxylic acid groups (broad SMARTS) is 1. The summed E-state index contributed by atoms with van der Waals surface area (Å²) in [6.45, 7) is 1.98. The van der Waals surface area contributed by atoms with Crippen molar-refractivity contribution in [2.24, 2.45) is 0 Å². The Balaban J connectivity index is 3.00. The molecule has 0 N–H and O–H groups in total. The van der Waals surface area contributed by atoms with Crippen molar-refractivity contribution in [2.75, 3.05) is 0 Å². The summed E-state index contributed by atoms with van der Waals surface area (Å²) in [5.74, 6) is -1.15. The van der Waals surface area contributed by atoms with Gasteiger partial charge in [0.05, 0.1) is 5.97 Å². The number of pyridine rings is 1. The number of aromatic nitrogens is 1. The first-order valence-electron chi connectivity index (χ1n) is 3.91. The van der Waals surface area contributed by atoms with Gasteiger partial charge in [0.25, 0.3) is 0 Å². The van der Waals surface area contributed by atoms with Crippen LogP contribution in [0.15, 0.2) is 18.3 Å². The van der Waals surface area contributed by atoms with Crippen molar-refractivity contribution < 1.29 is 9.90 Å². The molecular formula is C9H10NO2-. The van der Waals surface area contributed by atoms with E-state index in [-0.39, 0.29) is 5.56 Å². The van der Waals surface area contributed by atoms with Crippen molar-refractivity contribution in [1.82, 2.24) is 4.98 Å². The Bertz CT molecular complexity index is 284. The Morgan fingerprint density at radius 3 is 3.00 bits per heavy atom. The third-order valence-corrected chi connectivity index (χ3v) is 1.60. The third kappa shape index (κ3) is 1.81. The van der Waals surface area contributed by atoms with Crippen LogP contribution in [0.1, 0.15) is 29.4 Å². The van der Waals surface area contributed by atoms with E-state index in [2.05, 4.69) is 4.98 Å². The zero-order chi connectivity index (χ0) is 8.97. The van der Waals surface area contributed by atoms with Crippen molar-refractivity contribution in [1.29, 1.82) is 0 Å². The van der Waals surface area contributed by atoms with Crippen LogP contribution in [0.2, 0.25) is 0 Å². The summed E-state index contributed by atoms with van der Waals surface area (Å²) in [5, 5.41) is 10.5. The Labute approximate surface area is 71.1 Å². The maximum atomic E-state index is 10.5. The summed E-state index contributed by atoms with van der Waals surface area (Å²) in [6, 6.07) is 3.12.